The van der Waals surface area contributed by atoms with Crippen molar-refractivity contribution in [1.29, 1.82) is 0 Å². The second kappa shape index (κ2) is 5.18. The Hall–Kier alpha value is -1.88. The van der Waals surface area contributed by atoms with Gasteiger partial charge in [-0.3, -0.25) is 9.59 Å². The number of hydrogen-bond donors (Lipinski definition) is 2. The molecular weight excluding hydrogens is 232 g/mol. The predicted octanol–water partition coefficient (Wildman–Crippen LogP) is 0.289. The zero-order valence-corrected chi connectivity index (χ0v) is 10.2. The molecule has 1 saturated heterocycles. The Morgan fingerprint density at radius 2 is 2.11 bits per heavy atom. The Balaban J connectivity index is 2.04. The number of carbonyl (C=O) groups is 2. The Kier molecular flexibility index (Phi) is 3.62. The maximum atomic E-state index is 12.1. The fourth-order valence-electron chi connectivity index (χ4n) is 1.97. The highest BCUT2D eigenvalue weighted by Crippen LogP contribution is 2.20. The van der Waals surface area contributed by atoms with Gasteiger partial charge in [0.05, 0.1) is 0 Å². The van der Waals surface area contributed by atoms with Crippen LogP contribution in [0.25, 0.3) is 0 Å². The average Bonchev–Trinajstić information content (AvgIpc) is 2.72. The van der Waals surface area contributed by atoms with E-state index in [0.29, 0.717) is 13.0 Å². The van der Waals surface area contributed by atoms with Gasteiger partial charge in [-0.15, -0.1) is 0 Å². The molecule has 1 aliphatic rings. The molecule has 0 saturated carbocycles. The summed E-state index contributed by atoms with van der Waals surface area (Å²) >= 11 is 0. The number of aliphatic hydroxyl groups is 1. The van der Waals surface area contributed by atoms with Gasteiger partial charge >= 0.3 is 0 Å². The number of amides is 2. The highest BCUT2D eigenvalue weighted by molar-refractivity contribution is 6.01. The number of para-hydroxylation sites is 1. The minimum Gasteiger partial charge on any atom is -0.384 e. The SMILES string of the molecule is CC(O)C(=O)NC1CCN(c2ccccc2)C1=O. The molecule has 18 heavy (non-hydrogen) atoms. The molecule has 1 fully saturated rings. The van der Waals surface area contributed by atoms with Gasteiger partial charge in [0.15, 0.2) is 0 Å². The van der Waals surface area contributed by atoms with Crippen molar-refractivity contribution in [3.05, 3.63) is 30.3 Å². The molecule has 0 aromatic heterocycles. The molecule has 0 spiro atoms. The topological polar surface area (TPSA) is 69.6 Å². The molecule has 1 aromatic carbocycles. The Bertz CT molecular complexity index is 445. The molecule has 2 amide bonds. The summed E-state index contributed by atoms with van der Waals surface area (Å²) in [5.41, 5.74) is 0.830. The molecule has 1 aromatic rings. The van der Waals surface area contributed by atoms with Crippen LogP contribution in [0, 0.1) is 0 Å². The van der Waals surface area contributed by atoms with Gasteiger partial charge in [0.25, 0.3) is 0 Å². The van der Waals surface area contributed by atoms with Gasteiger partial charge in [-0.2, -0.15) is 0 Å². The molecule has 5 nitrogen and oxygen atoms in total. The Morgan fingerprint density at radius 1 is 1.44 bits per heavy atom. The van der Waals surface area contributed by atoms with Gasteiger partial charge in [0, 0.05) is 12.2 Å². The van der Waals surface area contributed by atoms with E-state index in [-0.39, 0.29) is 5.91 Å². The van der Waals surface area contributed by atoms with Gasteiger partial charge in [-0.1, -0.05) is 18.2 Å². The maximum absolute atomic E-state index is 12.1. The van der Waals surface area contributed by atoms with Crippen LogP contribution >= 0.6 is 0 Å². The van der Waals surface area contributed by atoms with Crippen LogP contribution in [0.5, 0.6) is 0 Å². The molecule has 96 valence electrons. The van der Waals surface area contributed by atoms with E-state index in [9.17, 15) is 9.59 Å². The van der Waals surface area contributed by atoms with Crippen molar-refractivity contribution in [2.45, 2.75) is 25.5 Å². The van der Waals surface area contributed by atoms with Crippen LogP contribution in [-0.2, 0) is 9.59 Å². The fourth-order valence-corrected chi connectivity index (χ4v) is 1.97. The number of rotatable bonds is 3. The third-order valence-electron chi connectivity index (χ3n) is 2.97. The minimum absolute atomic E-state index is 0.129. The van der Waals surface area contributed by atoms with Crippen molar-refractivity contribution in [1.82, 2.24) is 5.32 Å². The van der Waals surface area contributed by atoms with Gasteiger partial charge in [0.2, 0.25) is 11.8 Å². The number of carbonyl (C=O) groups excluding carboxylic acids is 2. The van der Waals surface area contributed by atoms with Crippen molar-refractivity contribution < 1.29 is 14.7 Å². The van der Waals surface area contributed by atoms with E-state index >= 15 is 0 Å². The number of benzene rings is 1. The molecular formula is C13H16N2O3. The zero-order chi connectivity index (χ0) is 13.1. The third-order valence-corrected chi connectivity index (χ3v) is 2.97. The average molecular weight is 248 g/mol. The van der Waals surface area contributed by atoms with Crippen LogP contribution in [0.15, 0.2) is 30.3 Å². The molecule has 0 radical (unpaired) electrons. The first-order valence-electron chi connectivity index (χ1n) is 5.94. The van der Waals surface area contributed by atoms with Crippen LogP contribution in [0.1, 0.15) is 13.3 Å². The summed E-state index contributed by atoms with van der Waals surface area (Å²) < 4.78 is 0. The standard InChI is InChI=1S/C13H16N2O3/c1-9(16)12(17)14-11-7-8-15(13(11)18)10-5-3-2-4-6-10/h2-6,9,11,16H,7-8H2,1H3,(H,14,17). The zero-order valence-electron chi connectivity index (χ0n) is 10.2. The summed E-state index contributed by atoms with van der Waals surface area (Å²) in [7, 11) is 0. The number of hydrogen-bond acceptors (Lipinski definition) is 3. The van der Waals surface area contributed by atoms with Crippen LogP contribution in [0.4, 0.5) is 5.69 Å². The van der Waals surface area contributed by atoms with Crippen molar-refractivity contribution in [2.24, 2.45) is 0 Å². The van der Waals surface area contributed by atoms with E-state index in [2.05, 4.69) is 5.32 Å². The first-order chi connectivity index (χ1) is 8.59. The molecule has 2 rings (SSSR count). The molecule has 2 atom stereocenters. The minimum atomic E-state index is -1.09. The van der Waals surface area contributed by atoms with Crippen molar-refractivity contribution in [3.63, 3.8) is 0 Å². The number of anilines is 1. The lowest BCUT2D eigenvalue weighted by molar-refractivity contribution is -0.131. The summed E-state index contributed by atoms with van der Waals surface area (Å²) in [4.78, 5) is 25.1. The van der Waals surface area contributed by atoms with E-state index in [1.807, 2.05) is 30.3 Å². The third kappa shape index (κ3) is 2.51. The van der Waals surface area contributed by atoms with Crippen LogP contribution < -0.4 is 10.2 Å². The molecule has 1 heterocycles. The van der Waals surface area contributed by atoms with E-state index < -0.39 is 18.1 Å². The van der Waals surface area contributed by atoms with Gasteiger partial charge in [0.1, 0.15) is 12.1 Å². The Morgan fingerprint density at radius 3 is 2.72 bits per heavy atom. The number of nitrogens with zero attached hydrogens (tertiary/aromatic N) is 1. The largest absolute Gasteiger partial charge is 0.384 e. The number of aliphatic hydroxyl groups excluding tert-OH is 1. The monoisotopic (exact) mass is 248 g/mol. The summed E-state index contributed by atoms with van der Waals surface area (Å²) in [6.45, 7) is 1.96. The van der Waals surface area contributed by atoms with E-state index in [1.165, 1.54) is 6.92 Å². The van der Waals surface area contributed by atoms with Crippen molar-refractivity contribution >= 4 is 17.5 Å². The second-order valence-corrected chi connectivity index (χ2v) is 4.35. The lowest BCUT2D eigenvalue weighted by atomic mass is 10.2. The fraction of sp³-hybridized carbons (Fsp3) is 0.385. The van der Waals surface area contributed by atoms with Crippen molar-refractivity contribution in [2.75, 3.05) is 11.4 Å². The highest BCUT2D eigenvalue weighted by Gasteiger charge is 2.33. The maximum Gasteiger partial charge on any atom is 0.249 e. The van der Waals surface area contributed by atoms with Gasteiger partial charge in [-0.25, -0.2) is 0 Å². The molecule has 5 heteroatoms. The van der Waals surface area contributed by atoms with Gasteiger partial charge < -0.3 is 15.3 Å². The molecule has 0 bridgehead atoms. The molecule has 1 aliphatic heterocycles. The van der Waals surface area contributed by atoms with Crippen LogP contribution in [-0.4, -0.2) is 35.6 Å². The van der Waals surface area contributed by atoms with E-state index in [0.717, 1.165) is 5.69 Å². The second-order valence-electron chi connectivity index (χ2n) is 4.35. The Labute approximate surface area is 105 Å². The summed E-state index contributed by atoms with van der Waals surface area (Å²) in [6.07, 6.45) is -0.532. The first kappa shape index (κ1) is 12.6. The predicted molar refractivity (Wildman–Crippen MR) is 67.0 cm³/mol. The normalized spacial score (nSPS) is 20.9. The summed E-state index contributed by atoms with van der Waals surface area (Å²) in [5, 5.41) is 11.7. The summed E-state index contributed by atoms with van der Waals surface area (Å²) in [5.74, 6) is -0.640. The number of nitrogens with one attached hydrogen (secondary N) is 1. The lowest BCUT2D eigenvalue weighted by Gasteiger charge is -2.17. The smallest absolute Gasteiger partial charge is 0.249 e. The lowest BCUT2D eigenvalue weighted by Crippen LogP contribution is -2.44. The quantitative estimate of drug-likeness (QED) is 0.807. The van der Waals surface area contributed by atoms with Crippen LogP contribution in [0.3, 0.4) is 0 Å². The van der Waals surface area contributed by atoms with Crippen molar-refractivity contribution in [3.8, 4) is 0 Å². The summed E-state index contributed by atoms with van der Waals surface area (Å²) in [6, 6.07) is 8.80. The first-order valence-corrected chi connectivity index (χ1v) is 5.94. The van der Waals surface area contributed by atoms with E-state index in [1.54, 1.807) is 4.90 Å². The van der Waals surface area contributed by atoms with Crippen LogP contribution in [0.2, 0.25) is 0 Å². The molecule has 2 N–H and O–H groups in total. The van der Waals surface area contributed by atoms with E-state index in [4.69, 9.17) is 5.11 Å². The molecule has 2 unspecified atom stereocenters. The van der Waals surface area contributed by atoms with Gasteiger partial charge in [-0.05, 0) is 25.5 Å². The molecule has 0 aliphatic carbocycles. The highest BCUT2D eigenvalue weighted by atomic mass is 16.3.